The van der Waals surface area contributed by atoms with Gasteiger partial charge in [0.2, 0.25) is 5.91 Å². The van der Waals surface area contributed by atoms with Gasteiger partial charge in [-0.25, -0.2) is 9.07 Å². The Labute approximate surface area is 191 Å². The number of anilines is 2. The molecule has 2 N–H and O–H groups in total. The van der Waals surface area contributed by atoms with Gasteiger partial charge in [0.15, 0.2) is 0 Å². The molecule has 0 bridgehead atoms. The van der Waals surface area contributed by atoms with Crippen molar-refractivity contribution in [3.05, 3.63) is 95.4 Å². The fraction of sp³-hybridized carbons (Fsp3) is 0.115. The van der Waals surface area contributed by atoms with Gasteiger partial charge in [0.05, 0.1) is 11.3 Å². The molecule has 0 saturated carbocycles. The number of nitrogens with one attached hydrogen (secondary N) is 2. The van der Waals surface area contributed by atoms with Crippen molar-refractivity contribution >= 4 is 23.2 Å². The molecule has 0 radical (unpaired) electrons. The maximum atomic E-state index is 13.4. The highest BCUT2D eigenvalue weighted by molar-refractivity contribution is 6.08. The summed E-state index contributed by atoms with van der Waals surface area (Å²) in [7, 11) is 0. The number of aromatic nitrogens is 2. The van der Waals surface area contributed by atoms with Gasteiger partial charge in [-0.2, -0.15) is 5.10 Å². The van der Waals surface area contributed by atoms with E-state index in [4.69, 9.17) is 0 Å². The molecule has 33 heavy (non-hydrogen) atoms. The number of carbonyl (C=O) groups is 2. The van der Waals surface area contributed by atoms with Crippen LogP contribution in [0.1, 0.15) is 28.4 Å². The highest BCUT2D eigenvalue weighted by Gasteiger charge is 2.19. The van der Waals surface area contributed by atoms with Gasteiger partial charge < -0.3 is 10.6 Å². The average Bonchev–Trinajstić information content (AvgIpc) is 3.22. The summed E-state index contributed by atoms with van der Waals surface area (Å²) >= 11 is 0. The quantitative estimate of drug-likeness (QED) is 0.428. The first-order chi connectivity index (χ1) is 15.8. The summed E-state index contributed by atoms with van der Waals surface area (Å²) in [4.78, 5) is 24.8. The van der Waals surface area contributed by atoms with Crippen LogP contribution in [0.4, 0.5) is 15.8 Å². The molecule has 166 valence electrons. The summed E-state index contributed by atoms with van der Waals surface area (Å²) in [6.07, 6.45) is 1.63. The van der Waals surface area contributed by atoms with E-state index >= 15 is 0 Å². The first-order valence-electron chi connectivity index (χ1n) is 10.4. The molecule has 0 unspecified atom stereocenters. The van der Waals surface area contributed by atoms with Crippen LogP contribution in [-0.4, -0.2) is 21.6 Å². The molecule has 6 nitrogen and oxygen atoms in total. The van der Waals surface area contributed by atoms with Gasteiger partial charge in [-0.15, -0.1) is 0 Å². The van der Waals surface area contributed by atoms with Crippen LogP contribution in [0, 0.1) is 19.7 Å². The highest BCUT2D eigenvalue weighted by atomic mass is 19.1. The minimum atomic E-state index is -0.350. The number of nitrogens with zero attached hydrogens (tertiary/aromatic N) is 2. The monoisotopic (exact) mass is 442 g/mol. The van der Waals surface area contributed by atoms with Crippen molar-refractivity contribution in [1.82, 2.24) is 9.78 Å². The van der Waals surface area contributed by atoms with Gasteiger partial charge in [-0.1, -0.05) is 35.9 Å². The van der Waals surface area contributed by atoms with Crippen LogP contribution >= 0.6 is 0 Å². The summed E-state index contributed by atoms with van der Waals surface area (Å²) in [6, 6.07) is 18.9. The van der Waals surface area contributed by atoms with Crippen LogP contribution in [-0.2, 0) is 4.79 Å². The number of amides is 2. The molecule has 4 aromatic rings. The third-order valence-corrected chi connectivity index (χ3v) is 5.18. The lowest BCUT2D eigenvalue weighted by Crippen LogP contribution is -2.13. The van der Waals surface area contributed by atoms with Crippen molar-refractivity contribution in [2.45, 2.75) is 20.8 Å². The second-order valence-electron chi connectivity index (χ2n) is 7.84. The molecule has 0 fully saturated rings. The predicted octanol–water partition coefficient (Wildman–Crippen LogP) is 5.51. The molecule has 0 aliphatic heterocycles. The third kappa shape index (κ3) is 4.98. The van der Waals surface area contributed by atoms with E-state index in [1.165, 1.54) is 19.1 Å². The Morgan fingerprint density at radius 2 is 1.61 bits per heavy atom. The Kier molecular flexibility index (Phi) is 6.04. The maximum absolute atomic E-state index is 13.4. The lowest BCUT2D eigenvalue weighted by atomic mass is 10.1. The van der Waals surface area contributed by atoms with E-state index in [1.807, 2.05) is 44.2 Å². The fourth-order valence-electron chi connectivity index (χ4n) is 3.41. The first kappa shape index (κ1) is 22.0. The van der Waals surface area contributed by atoms with E-state index in [-0.39, 0.29) is 17.6 Å². The number of rotatable bonds is 5. The second kappa shape index (κ2) is 9.08. The van der Waals surface area contributed by atoms with Crippen LogP contribution in [0.25, 0.3) is 16.9 Å². The summed E-state index contributed by atoms with van der Waals surface area (Å²) < 4.78 is 14.9. The Hall–Kier alpha value is -4.26. The van der Waals surface area contributed by atoms with E-state index < -0.39 is 0 Å². The van der Waals surface area contributed by atoms with Gasteiger partial charge >= 0.3 is 0 Å². The smallest absolute Gasteiger partial charge is 0.259 e. The second-order valence-corrected chi connectivity index (χ2v) is 7.84. The topological polar surface area (TPSA) is 76.0 Å². The maximum Gasteiger partial charge on any atom is 0.259 e. The largest absolute Gasteiger partial charge is 0.326 e. The summed E-state index contributed by atoms with van der Waals surface area (Å²) in [6.45, 7) is 5.29. The first-order valence-corrected chi connectivity index (χ1v) is 10.4. The number of aryl methyl sites for hydroxylation is 2. The summed E-state index contributed by atoms with van der Waals surface area (Å²) in [5.41, 5.74) is 5.43. The van der Waals surface area contributed by atoms with Gasteiger partial charge in [0.25, 0.3) is 5.91 Å². The van der Waals surface area contributed by atoms with E-state index in [0.717, 1.165) is 16.7 Å². The third-order valence-electron chi connectivity index (χ3n) is 5.18. The Balaban J connectivity index is 1.72. The number of hydrogen-bond acceptors (Lipinski definition) is 3. The number of benzene rings is 3. The summed E-state index contributed by atoms with van der Waals surface area (Å²) in [5.74, 6) is -0.891. The molecule has 1 aromatic heterocycles. The van der Waals surface area contributed by atoms with Gasteiger partial charge in [0, 0.05) is 30.1 Å². The van der Waals surface area contributed by atoms with Crippen molar-refractivity contribution in [2.75, 3.05) is 10.6 Å². The van der Waals surface area contributed by atoms with Crippen molar-refractivity contribution in [3.63, 3.8) is 0 Å². The minimum Gasteiger partial charge on any atom is -0.326 e. The van der Waals surface area contributed by atoms with Gasteiger partial charge in [-0.05, 0) is 55.8 Å². The van der Waals surface area contributed by atoms with Crippen LogP contribution in [0.5, 0.6) is 0 Å². The average molecular weight is 442 g/mol. The number of hydrogen-bond donors (Lipinski definition) is 2. The zero-order valence-corrected chi connectivity index (χ0v) is 18.5. The van der Waals surface area contributed by atoms with E-state index in [9.17, 15) is 14.0 Å². The molecule has 4 rings (SSSR count). The molecule has 0 spiro atoms. The van der Waals surface area contributed by atoms with Crippen molar-refractivity contribution in [3.8, 4) is 16.9 Å². The molecule has 3 aromatic carbocycles. The van der Waals surface area contributed by atoms with E-state index in [0.29, 0.717) is 28.3 Å². The zero-order valence-electron chi connectivity index (χ0n) is 18.5. The van der Waals surface area contributed by atoms with E-state index in [2.05, 4.69) is 15.7 Å². The van der Waals surface area contributed by atoms with Crippen LogP contribution < -0.4 is 10.6 Å². The number of halogens is 1. The molecular formula is C26H23FN4O2. The van der Waals surface area contributed by atoms with Crippen LogP contribution in [0.3, 0.4) is 0 Å². The van der Waals surface area contributed by atoms with Crippen molar-refractivity contribution in [1.29, 1.82) is 0 Å². The lowest BCUT2D eigenvalue weighted by Gasteiger charge is -2.10. The standard InChI is InChI=1S/C26H23FN4O2/c1-16-4-7-19(8-5-16)25-23(15-31(30-25)22-12-9-20(27)10-13-22)26(33)29-21-11-6-17(2)24(14-21)28-18(3)32/h4-15H,1-3H3,(H,28,32)(H,29,33). The minimum absolute atomic E-state index is 0.191. The molecule has 1 heterocycles. The normalized spacial score (nSPS) is 10.7. The molecular weight excluding hydrogens is 419 g/mol. The van der Waals surface area contributed by atoms with Gasteiger partial charge in [-0.3, -0.25) is 9.59 Å². The molecule has 2 amide bonds. The predicted molar refractivity (Wildman–Crippen MR) is 127 cm³/mol. The Morgan fingerprint density at radius 3 is 2.27 bits per heavy atom. The Morgan fingerprint density at radius 1 is 0.909 bits per heavy atom. The molecule has 0 aliphatic rings. The Bertz CT molecular complexity index is 1330. The van der Waals surface area contributed by atoms with E-state index in [1.54, 1.807) is 35.1 Å². The molecule has 0 saturated heterocycles. The molecule has 7 heteroatoms. The zero-order chi connectivity index (χ0) is 23.5. The molecule has 0 atom stereocenters. The van der Waals surface area contributed by atoms with Crippen LogP contribution in [0.2, 0.25) is 0 Å². The van der Waals surface area contributed by atoms with Crippen molar-refractivity contribution < 1.29 is 14.0 Å². The SMILES string of the molecule is CC(=O)Nc1cc(NC(=O)c2cn(-c3ccc(F)cc3)nc2-c2ccc(C)cc2)ccc1C. The number of carbonyl (C=O) groups excluding carboxylic acids is 2. The fourth-order valence-corrected chi connectivity index (χ4v) is 3.41. The van der Waals surface area contributed by atoms with Gasteiger partial charge in [0.1, 0.15) is 11.5 Å². The lowest BCUT2D eigenvalue weighted by molar-refractivity contribution is -0.114. The summed E-state index contributed by atoms with van der Waals surface area (Å²) in [5, 5.41) is 10.3. The van der Waals surface area contributed by atoms with Crippen molar-refractivity contribution in [2.24, 2.45) is 0 Å². The highest BCUT2D eigenvalue weighted by Crippen LogP contribution is 2.26. The van der Waals surface area contributed by atoms with Crippen LogP contribution in [0.15, 0.2) is 72.9 Å². The molecule has 0 aliphatic carbocycles.